The Morgan fingerprint density at radius 1 is 1.43 bits per heavy atom. The molecule has 1 aliphatic rings. The molecule has 0 saturated heterocycles. The van der Waals surface area contributed by atoms with E-state index in [-0.39, 0.29) is 0 Å². The summed E-state index contributed by atoms with van der Waals surface area (Å²) < 4.78 is 0. The van der Waals surface area contributed by atoms with Crippen molar-refractivity contribution in [1.82, 2.24) is 10.2 Å². The lowest BCUT2D eigenvalue weighted by Crippen LogP contribution is -2.00. The Morgan fingerprint density at radius 3 is 2.93 bits per heavy atom. The van der Waals surface area contributed by atoms with Gasteiger partial charge in [0.15, 0.2) is 0 Å². The molecule has 1 aliphatic carbocycles. The quantitative estimate of drug-likeness (QED) is 0.768. The number of nitrogens with two attached hydrogens (primary N) is 1. The summed E-state index contributed by atoms with van der Waals surface area (Å²) in [5.74, 6) is 0.720. The maximum Gasteiger partial charge on any atom is 0.0655 e. The van der Waals surface area contributed by atoms with E-state index in [1.54, 1.807) is 0 Å². The summed E-state index contributed by atoms with van der Waals surface area (Å²) in [5.41, 5.74) is 7.99. The first-order chi connectivity index (χ1) is 6.90. The monoisotopic (exact) mass is 193 g/mol. The van der Waals surface area contributed by atoms with Crippen LogP contribution in [0.15, 0.2) is 6.07 Å². The molecule has 0 unspecified atom stereocenters. The molecule has 1 aromatic rings. The van der Waals surface area contributed by atoms with E-state index in [2.05, 4.69) is 16.3 Å². The van der Waals surface area contributed by atoms with Gasteiger partial charge in [-0.2, -0.15) is 5.10 Å². The van der Waals surface area contributed by atoms with E-state index < -0.39 is 0 Å². The van der Waals surface area contributed by atoms with Crippen molar-refractivity contribution < 1.29 is 0 Å². The summed E-state index contributed by atoms with van der Waals surface area (Å²) in [6.45, 7) is 0.762. The highest BCUT2D eigenvalue weighted by Gasteiger charge is 2.19. The second kappa shape index (κ2) is 4.60. The van der Waals surface area contributed by atoms with Gasteiger partial charge in [0.05, 0.1) is 5.69 Å². The van der Waals surface area contributed by atoms with Crippen molar-refractivity contribution in [1.29, 1.82) is 0 Å². The van der Waals surface area contributed by atoms with Gasteiger partial charge in [-0.25, -0.2) is 0 Å². The normalized spacial score (nSPS) is 17.8. The Labute approximate surface area is 85.1 Å². The summed E-state index contributed by atoms with van der Waals surface area (Å²) in [7, 11) is 0. The van der Waals surface area contributed by atoms with Gasteiger partial charge in [-0.05, 0) is 38.3 Å². The predicted octanol–water partition coefficient (Wildman–Crippen LogP) is 1.96. The minimum absolute atomic E-state index is 0.720. The molecule has 1 saturated carbocycles. The molecular weight excluding hydrogens is 174 g/mol. The zero-order valence-corrected chi connectivity index (χ0v) is 8.63. The Bertz CT molecular complexity index is 274. The van der Waals surface area contributed by atoms with Crippen LogP contribution in [0.5, 0.6) is 0 Å². The number of aryl methyl sites for hydroxylation is 1. The van der Waals surface area contributed by atoms with Crippen molar-refractivity contribution in [2.24, 2.45) is 5.73 Å². The van der Waals surface area contributed by atoms with Crippen LogP contribution in [0.1, 0.15) is 49.4 Å². The number of nitrogens with zero attached hydrogens (tertiary/aromatic N) is 1. The molecule has 1 fully saturated rings. The summed E-state index contributed by atoms with van der Waals surface area (Å²) in [4.78, 5) is 0. The van der Waals surface area contributed by atoms with Crippen LogP contribution in [0.25, 0.3) is 0 Å². The molecule has 2 rings (SSSR count). The number of aromatic nitrogens is 2. The van der Waals surface area contributed by atoms with Crippen molar-refractivity contribution in [3.63, 3.8) is 0 Å². The molecule has 3 heteroatoms. The van der Waals surface area contributed by atoms with Crippen LogP contribution < -0.4 is 5.73 Å². The van der Waals surface area contributed by atoms with E-state index in [9.17, 15) is 0 Å². The lowest BCUT2D eigenvalue weighted by atomic mass is 10.0. The summed E-state index contributed by atoms with van der Waals surface area (Å²) in [5, 5.41) is 7.50. The molecule has 0 radical (unpaired) electrons. The molecule has 0 spiro atoms. The fourth-order valence-electron chi connectivity index (χ4n) is 2.23. The molecule has 14 heavy (non-hydrogen) atoms. The van der Waals surface area contributed by atoms with Crippen molar-refractivity contribution in [3.8, 4) is 0 Å². The Balaban J connectivity index is 1.94. The third kappa shape index (κ3) is 2.15. The molecule has 3 nitrogen and oxygen atoms in total. The van der Waals surface area contributed by atoms with Crippen LogP contribution in [0, 0.1) is 0 Å². The lowest BCUT2D eigenvalue weighted by molar-refractivity contribution is 0.692. The van der Waals surface area contributed by atoms with E-state index in [4.69, 9.17) is 5.73 Å². The third-order valence-electron chi connectivity index (χ3n) is 3.07. The van der Waals surface area contributed by atoms with Gasteiger partial charge in [0.1, 0.15) is 0 Å². The number of H-pyrrole nitrogens is 1. The maximum absolute atomic E-state index is 5.47. The second-order valence-electron chi connectivity index (χ2n) is 4.19. The number of nitrogens with one attached hydrogen (secondary N) is 1. The maximum atomic E-state index is 5.47. The van der Waals surface area contributed by atoms with E-state index >= 15 is 0 Å². The van der Waals surface area contributed by atoms with Crippen LogP contribution in [-0.4, -0.2) is 16.7 Å². The molecule has 0 aliphatic heterocycles. The number of hydrogen-bond donors (Lipinski definition) is 2. The average Bonchev–Trinajstić information content (AvgIpc) is 2.85. The smallest absolute Gasteiger partial charge is 0.0655 e. The standard InChI is InChI=1S/C11H19N3/c12-7-3-6-10-8-11(14-13-10)9-4-1-2-5-9/h8-9H,1-7,12H2,(H,13,14). The average molecular weight is 193 g/mol. The third-order valence-corrected chi connectivity index (χ3v) is 3.07. The van der Waals surface area contributed by atoms with Crippen molar-refractivity contribution in [3.05, 3.63) is 17.5 Å². The van der Waals surface area contributed by atoms with Crippen molar-refractivity contribution in [2.45, 2.75) is 44.4 Å². The first kappa shape index (κ1) is 9.71. The van der Waals surface area contributed by atoms with E-state index in [0.717, 1.165) is 25.3 Å². The molecule has 1 heterocycles. The topological polar surface area (TPSA) is 54.7 Å². The Morgan fingerprint density at radius 2 is 2.21 bits per heavy atom. The van der Waals surface area contributed by atoms with Crippen LogP contribution >= 0.6 is 0 Å². The minimum atomic E-state index is 0.720. The predicted molar refractivity (Wildman–Crippen MR) is 57.2 cm³/mol. The molecular formula is C11H19N3. The van der Waals surface area contributed by atoms with E-state index in [1.165, 1.54) is 37.1 Å². The first-order valence-electron chi connectivity index (χ1n) is 5.64. The van der Waals surface area contributed by atoms with Gasteiger partial charge in [0, 0.05) is 11.6 Å². The van der Waals surface area contributed by atoms with Crippen LogP contribution in [0.3, 0.4) is 0 Å². The Hall–Kier alpha value is -0.830. The molecule has 0 bridgehead atoms. The van der Waals surface area contributed by atoms with Crippen LogP contribution in [0.2, 0.25) is 0 Å². The zero-order valence-electron chi connectivity index (χ0n) is 8.63. The lowest BCUT2D eigenvalue weighted by Gasteiger charge is -2.02. The summed E-state index contributed by atoms with van der Waals surface area (Å²) in [6, 6.07) is 2.23. The second-order valence-corrected chi connectivity index (χ2v) is 4.19. The van der Waals surface area contributed by atoms with Gasteiger partial charge in [-0.1, -0.05) is 12.8 Å². The highest BCUT2D eigenvalue weighted by atomic mass is 15.1. The largest absolute Gasteiger partial charge is 0.330 e. The van der Waals surface area contributed by atoms with Gasteiger partial charge in [-0.3, -0.25) is 5.10 Å². The first-order valence-corrected chi connectivity index (χ1v) is 5.64. The molecule has 3 N–H and O–H groups in total. The van der Waals surface area contributed by atoms with Gasteiger partial charge in [0.25, 0.3) is 0 Å². The van der Waals surface area contributed by atoms with Gasteiger partial charge < -0.3 is 5.73 Å². The van der Waals surface area contributed by atoms with Crippen LogP contribution in [-0.2, 0) is 6.42 Å². The Kier molecular flexibility index (Phi) is 3.19. The van der Waals surface area contributed by atoms with E-state index in [1.807, 2.05) is 0 Å². The number of aromatic amines is 1. The molecule has 1 aromatic heterocycles. The fourth-order valence-corrected chi connectivity index (χ4v) is 2.23. The fraction of sp³-hybridized carbons (Fsp3) is 0.727. The molecule has 78 valence electrons. The highest BCUT2D eigenvalue weighted by Crippen LogP contribution is 2.33. The van der Waals surface area contributed by atoms with Crippen LogP contribution in [0.4, 0.5) is 0 Å². The molecule has 0 amide bonds. The summed E-state index contributed by atoms with van der Waals surface area (Å²) in [6.07, 6.45) is 7.47. The zero-order chi connectivity index (χ0) is 9.80. The van der Waals surface area contributed by atoms with Gasteiger partial charge >= 0.3 is 0 Å². The number of rotatable bonds is 4. The van der Waals surface area contributed by atoms with E-state index in [0.29, 0.717) is 0 Å². The van der Waals surface area contributed by atoms with Crippen molar-refractivity contribution in [2.75, 3.05) is 6.54 Å². The SMILES string of the molecule is NCCCc1cc(C2CCCC2)n[nH]1. The molecule has 0 aromatic carbocycles. The number of hydrogen-bond acceptors (Lipinski definition) is 2. The minimum Gasteiger partial charge on any atom is -0.330 e. The molecule has 0 atom stereocenters. The summed E-state index contributed by atoms with van der Waals surface area (Å²) >= 11 is 0. The van der Waals surface area contributed by atoms with Crippen molar-refractivity contribution >= 4 is 0 Å². The van der Waals surface area contributed by atoms with Gasteiger partial charge in [-0.15, -0.1) is 0 Å². The highest BCUT2D eigenvalue weighted by molar-refractivity contribution is 5.14. The van der Waals surface area contributed by atoms with Gasteiger partial charge in [0.2, 0.25) is 0 Å².